The Morgan fingerprint density at radius 3 is 2.43 bits per heavy atom. The van der Waals surface area contributed by atoms with Crippen molar-refractivity contribution < 1.29 is 19.4 Å². The fraction of sp³-hybridized carbons (Fsp3) is 0.188. The second kappa shape index (κ2) is 12.5. The average Bonchev–Trinajstić information content (AvgIpc) is 2.51. The quantitative estimate of drug-likeness (QED) is 0.622. The van der Waals surface area contributed by atoms with Crippen molar-refractivity contribution in [1.29, 1.82) is 0 Å². The number of para-hydroxylation sites is 1. The first-order valence-corrected chi connectivity index (χ1v) is 6.31. The van der Waals surface area contributed by atoms with E-state index in [-0.39, 0.29) is 6.54 Å². The summed E-state index contributed by atoms with van der Waals surface area (Å²) in [7, 11) is 1.60. The Morgan fingerprint density at radius 1 is 1.33 bits per heavy atom. The van der Waals surface area contributed by atoms with Crippen LogP contribution in [0.4, 0.5) is 0 Å². The van der Waals surface area contributed by atoms with Gasteiger partial charge < -0.3 is 20.3 Å². The maximum Gasteiger partial charge on any atom is 0.317 e. The van der Waals surface area contributed by atoms with Crippen molar-refractivity contribution in [2.75, 3.05) is 13.7 Å². The fourth-order valence-corrected chi connectivity index (χ4v) is 1.07. The monoisotopic (exact) mass is 291 g/mol. The van der Waals surface area contributed by atoms with Crippen LogP contribution in [0.1, 0.15) is 6.92 Å². The van der Waals surface area contributed by atoms with Gasteiger partial charge in [0.1, 0.15) is 11.5 Å². The molecule has 3 N–H and O–H groups in total. The molecule has 0 amide bonds. The maximum absolute atomic E-state index is 9.24. The molecule has 1 aromatic carbocycles. The number of benzene rings is 1. The van der Waals surface area contributed by atoms with E-state index in [2.05, 4.69) is 5.73 Å². The predicted octanol–water partition coefficient (Wildman–Crippen LogP) is 2.72. The van der Waals surface area contributed by atoms with Gasteiger partial charge in [-0.1, -0.05) is 30.4 Å². The van der Waals surface area contributed by atoms with Gasteiger partial charge >= 0.3 is 5.97 Å². The number of rotatable bonds is 6. The summed E-state index contributed by atoms with van der Waals surface area (Å²) in [5.74, 6) is 0.565. The molecule has 5 nitrogen and oxygen atoms in total. The number of ether oxygens (including phenoxy) is 2. The average molecular weight is 291 g/mol. The summed E-state index contributed by atoms with van der Waals surface area (Å²) in [4.78, 5) is 9.24. The number of carbonyl (C=O) groups is 1. The van der Waals surface area contributed by atoms with Crippen molar-refractivity contribution >= 4 is 5.97 Å². The standard InChI is InChI=1S/C14H16O2.C2H5NO2/c1-3-4-8-14(11-12-15-2)16-13-9-6-5-7-10-13;3-1-2(4)5/h3-12H,1-2H3;1,3H2,(H,4,5)/b4-3+,12-11-,14-8+;. The molecule has 114 valence electrons. The third-order valence-electron chi connectivity index (χ3n) is 1.97. The predicted molar refractivity (Wildman–Crippen MR) is 82.8 cm³/mol. The number of methoxy groups -OCH3 is 1. The third-order valence-corrected chi connectivity index (χ3v) is 1.97. The molecule has 0 saturated carbocycles. The lowest BCUT2D eigenvalue weighted by atomic mass is 10.3. The minimum Gasteiger partial charge on any atom is -0.504 e. The second-order valence-corrected chi connectivity index (χ2v) is 3.65. The zero-order valence-electron chi connectivity index (χ0n) is 12.2. The summed E-state index contributed by atoms with van der Waals surface area (Å²) in [5.41, 5.74) is 4.57. The zero-order chi connectivity index (χ0) is 15.9. The molecule has 1 aromatic rings. The number of carboxylic acids is 1. The van der Waals surface area contributed by atoms with E-state index in [9.17, 15) is 4.79 Å². The van der Waals surface area contributed by atoms with Gasteiger partial charge in [-0.3, -0.25) is 4.79 Å². The van der Waals surface area contributed by atoms with E-state index in [4.69, 9.17) is 14.6 Å². The third kappa shape index (κ3) is 11.0. The maximum atomic E-state index is 9.24. The van der Waals surface area contributed by atoms with Crippen LogP contribution in [-0.4, -0.2) is 24.7 Å². The van der Waals surface area contributed by atoms with Gasteiger partial charge in [-0.25, -0.2) is 0 Å². The van der Waals surface area contributed by atoms with Crippen molar-refractivity contribution in [2.45, 2.75) is 6.92 Å². The van der Waals surface area contributed by atoms with E-state index >= 15 is 0 Å². The zero-order valence-corrected chi connectivity index (χ0v) is 12.2. The number of nitrogens with two attached hydrogens (primary N) is 1. The lowest BCUT2D eigenvalue weighted by Gasteiger charge is -2.05. The molecule has 0 unspecified atom stereocenters. The van der Waals surface area contributed by atoms with Gasteiger partial charge in [0.15, 0.2) is 0 Å². The molecule has 0 bridgehead atoms. The van der Waals surface area contributed by atoms with Crippen LogP contribution in [0.3, 0.4) is 0 Å². The number of carboxylic acid groups (broad SMARTS) is 1. The van der Waals surface area contributed by atoms with E-state index in [1.54, 1.807) is 19.4 Å². The molecule has 5 heteroatoms. The van der Waals surface area contributed by atoms with Gasteiger partial charge in [0.2, 0.25) is 0 Å². The van der Waals surface area contributed by atoms with Crippen LogP contribution < -0.4 is 10.5 Å². The molecule has 0 fully saturated rings. The number of allylic oxidation sites excluding steroid dienone is 4. The van der Waals surface area contributed by atoms with E-state index in [1.165, 1.54) is 0 Å². The summed E-state index contributed by atoms with van der Waals surface area (Å²) in [6.45, 7) is 1.68. The first kappa shape index (κ1) is 18.5. The lowest BCUT2D eigenvalue weighted by Crippen LogP contribution is -2.10. The van der Waals surface area contributed by atoms with Crippen molar-refractivity contribution in [1.82, 2.24) is 0 Å². The minimum absolute atomic E-state index is 0.278. The van der Waals surface area contributed by atoms with E-state index in [0.29, 0.717) is 0 Å². The van der Waals surface area contributed by atoms with Gasteiger partial charge in [-0.05, 0) is 25.1 Å². The largest absolute Gasteiger partial charge is 0.504 e. The smallest absolute Gasteiger partial charge is 0.317 e. The van der Waals surface area contributed by atoms with Crippen LogP contribution in [0.15, 0.2) is 66.7 Å². The van der Waals surface area contributed by atoms with Crippen molar-refractivity contribution in [3.05, 3.63) is 66.7 Å². The summed E-state index contributed by atoms with van der Waals surface area (Å²) >= 11 is 0. The van der Waals surface area contributed by atoms with E-state index in [0.717, 1.165) is 11.5 Å². The lowest BCUT2D eigenvalue weighted by molar-refractivity contribution is -0.135. The van der Waals surface area contributed by atoms with E-state index < -0.39 is 5.97 Å². The Kier molecular flexibility index (Phi) is 11.0. The topological polar surface area (TPSA) is 81.8 Å². The first-order valence-electron chi connectivity index (χ1n) is 6.31. The van der Waals surface area contributed by atoms with Gasteiger partial charge in [0.25, 0.3) is 0 Å². The highest BCUT2D eigenvalue weighted by Gasteiger charge is 1.94. The minimum atomic E-state index is -0.968. The van der Waals surface area contributed by atoms with Crippen LogP contribution in [0.2, 0.25) is 0 Å². The number of hydrogen-bond acceptors (Lipinski definition) is 4. The Bertz CT molecular complexity index is 478. The summed E-state index contributed by atoms with van der Waals surface area (Å²) < 4.78 is 10.5. The first-order chi connectivity index (χ1) is 10.1. The second-order valence-electron chi connectivity index (χ2n) is 3.65. The molecule has 0 radical (unpaired) electrons. The molecule has 0 spiro atoms. The van der Waals surface area contributed by atoms with Gasteiger partial charge in [0.05, 0.1) is 19.9 Å². The number of hydrogen-bond donors (Lipinski definition) is 2. The Labute approximate surface area is 125 Å². The SMILES string of the molecule is C/C=C/C=C(\C=C/OC)Oc1ccccc1.NCC(=O)O. The molecule has 21 heavy (non-hydrogen) atoms. The van der Waals surface area contributed by atoms with Crippen molar-refractivity contribution in [2.24, 2.45) is 5.73 Å². The number of aliphatic carboxylic acids is 1. The van der Waals surface area contributed by atoms with Gasteiger partial charge in [-0.15, -0.1) is 0 Å². The highest BCUT2D eigenvalue weighted by Crippen LogP contribution is 2.13. The molecule has 0 aromatic heterocycles. The molecule has 0 atom stereocenters. The molecular formula is C16H21NO4. The van der Waals surface area contributed by atoms with Crippen LogP contribution in [0.5, 0.6) is 5.75 Å². The summed E-state index contributed by atoms with van der Waals surface area (Å²) in [5, 5.41) is 7.60. The van der Waals surface area contributed by atoms with Gasteiger partial charge in [-0.2, -0.15) is 0 Å². The Hall–Kier alpha value is -2.53. The fourth-order valence-electron chi connectivity index (χ4n) is 1.07. The van der Waals surface area contributed by atoms with Gasteiger partial charge in [0, 0.05) is 6.08 Å². The summed E-state index contributed by atoms with van der Waals surface area (Å²) in [6.07, 6.45) is 9.08. The molecule has 0 heterocycles. The van der Waals surface area contributed by atoms with Crippen LogP contribution in [0, 0.1) is 0 Å². The summed E-state index contributed by atoms with van der Waals surface area (Å²) in [6, 6.07) is 9.63. The van der Waals surface area contributed by atoms with Crippen LogP contribution in [0.25, 0.3) is 0 Å². The Balaban J connectivity index is 0.000000690. The molecular weight excluding hydrogens is 270 g/mol. The molecule has 0 aliphatic heterocycles. The highest BCUT2D eigenvalue weighted by molar-refractivity contribution is 5.68. The van der Waals surface area contributed by atoms with E-state index in [1.807, 2.05) is 55.5 Å². The van der Waals surface area contributed by atoms with Crippen LogP contribution in [-0.2, 0) is 9.53 Å². The molecule has 1 rings (SSSR count). The van der Waals surface area contributed by atoms with Crippen molar-refractivity contribution in [3.63, 3.8) is 0 Å². The molecule has 0 aliphatic carbocycles. The van der Waals surface area contributed by atoms with Crippen molar-refractivity contribution in [3.8, 4) is 5.75 Å². The Morgan fingerprint density at radius 2 is 1.95 bits per heavy atom. The normalized spacial score (nSPS) is 11.1. The molecule has 0 saturated heterocycles. The highest BCUT2D eigenvalue weighted by atomic mass is 16.5. The van der Waals surface area contributed by atoms with Crippen LogP contribution >= 0.6 is 0 Å². The molecule has 0 aliphatic rings.